The number of halogens is 3. The summed E-state index contributed by atoms with van der Waals surface area (Å²) in [6.45, 7) is 0. The predicted octanol–water partition coefficient (Wildman–Crippen LogP) is 3.09. The highest BCUT2D eigenvalue weighted by Crippen LogP contribution is 2.29. The molecule has 0 amide bonds. The molecular formula is C10H6BrCl2N3O. The molecule has 7 heteroatoms. The van der Waals surface area contributed by atoms with Gasteiger partial charge in [0.1, 0.15) is 4.47 Å². The van der Waals surface area contributed by atoms with Gasteiger partial charge in [-0.3, -0.25) is 9.78 Å². The van der Waals surface area contributed by atoms with E-state index < -0.39 is 0 Å². The van der Waals surface area contributed by atoms with E-state index in [1.807, 2.05) is 0 Å². The van der Waals surface area contributed by atoms with Crippen LogP contribution in [0.15, 0.2) is 27.5 Å². The third-order valence-corrected chi connectivity index (χ3v) is 3.19. The van der Waals surface area contributed by atoms with Gasteiger partial charge < -0.3 is 5.73 Å². The first-order chi connectivity index (χ1) is 7.97. The topological polar surface area (TPSA) is 71.8 Å². The summed E-state index contributed by atoms with van der Waals surface area (Å²) in [5.74, 6) is 0.0318. The fraction of sp³-hybridized carbons (Fsp3) is 0. The molecule has 1 aromatic heterocycles. The smallest absolute Gasteiger partial charge is 0.267 e. The van der Waals surface area contributed by atoms with E-state index in [2.05, 4.69) is 25.9 Å². The van der Waals surface area contributed by atoms with Crippen molar-refractivity contribution in [3.05, 3.63) is 43.1 Å². The zero-order valence-corrected chi connectivity index (χ0v) is 11.4. The highest BCUT2D eigenvalue weighted by Gasteiger charge is 2.11. The number of hydrogen-bond acceptors (Lipinski definition) is 3. The highest BCUT2D eigenvalue weighted by atomic mass is 79.9. The maximum Gasteiger partial charge on any atom is 0.267 e. The average Bonchev–Trinajstić information content (AvgIpc) is 2.22. The average molecular weight is 335 g/mol. The lowest BCUT2D eigenvalue weighted by Gasteiger charge is -2.05. The summed E-state index contributed by atoms with van der Waals surface area (Å²) in [5.41, 5.74) is 6.15. The van der Waals surface area contributed by atoms with Crippen LogP contribution in [-0.2, 0) is 0 Å². The molecule has 0 unspecified atom stereocenters. The number of nitrogens with two attached hydrogens (primary N) is 1. The van der Waals surface area contributed by atoms with E-state index in [4.69, 9.17) is 28.9 Å². The summed E-state index contributed by atoms with van der Waals surface area (Å²) in [6.07, 6.45) is 0. The molecule has 0 saturated carbocycles. The molecule has 2 aromatic rings. The number of aromatic amines is 1. The van der Waals surface area contributed by atoms with Crippen molar-refractivity contribution in [2.45, 2.75) is 0 Å². The Kier molecular flexibility index (Phi) is 3.42. The van der Waals surface area contributed by atoms with Crippen molar-refractivity contribution in [2.24, 2.45) is 0 Å². The third kappa shape index (κ3) is 2.62. The molecule has 1 aromatic carbocycles. The number of aromatic nitrogens is 2. The molecule has 0 spiro atoms. The van der Waals surface area contributed by atoms with Gasteiger partial charge in [-0.2, -0.15) is 0 Å². The van der Waals surface area contributed by atoms with Crippen LogP contribution in [0.5, 0.6) is 0 Å². The van der Waals surface area contributed by atoms with Gasteiger partial charge in [-0.25, -0.2) is 4.98 Å². The molecule has 0 aliphatic rings. The number of anilines is 1. The van der Waals surface area contributed by atoms with Crippen molar-refractivity contribution in [1.82, 2.24) is 9.97 Å². The van der Waals surface area contributed by atoms with Crippen molar-refractivity contribution in [3.8, 4) is 11.3 Å². The van der Waals surface area contributed by atoms with Gasteiger partial charge in [0.25, 0.3) is 5.56 Å². The van der Waals surface area contributed by atoms with E-state index in [1.54, 1.807) is 18.2 Å². The summed E-state index contributed by atoms with van der Waals surface area (Å²) < 4.78 is 0.282. The molecule has 0 bridgehead atoms. The van der Waals surface area contributed by atoms with Crippen LogP contribution >= 0.6 is 39.1 Å². The van der Waals surface area contributed by atoms with Crippen molar-refractivity contribution in [3.63, 3.8) is 0 Å². The minimum absolute atomic E-state index is 0.0318. The Balaban J connectivity index is 2.72. The zero-order chi connectivity index (χ0) is 12.6. The van der Waals surface area contributed by atoms with Crippen molar-refractivity contribution in [1.29, 1.82) is 0 Å². The second-order valence-electron chi connectivity index (χ2n) is 3.27. The van der Waals surface area contributed by atoms with Gasteiger partial charge in [0.2, 0.25) is 5.95 Å². The first-order valence-corrected chi connectivity index (χ1v) is 6.04. The van der Waals surface area contributed by atoms with Crippen LogP contribution in [0.1, 0.15) is 0 Å². The fourth-order valence-electron chi connectivity index (χ4n) is 1.36. The standard InChI is InChI=1S/C10H6BrCl2N3O/c11-7-8(15-10(14)16-9(7)17)4-1-5(12)3-6(13)2-4/h1-3H,(H3,14,15,16,17). The number of nitrogen functional groups attached to an aromatic ring is 1. The van der Waals surface area contributed by atoms with E-state index in [0.717, 1.165) is 0 Å². The molecule has 88 valence electrons. The molecule has 2 rings (SSSR count). The molecule has 1 heterocycles. The Morgan fingerprint density at radius 2 is 1.82 bits per heavy atom. The van der Waals surface area contributed by atoms with Crippen LogP contribution in [0.2, 0.25) is 10.0 Å². The van der Waals surface area contributed by atoms with Crippen LogP contribution in [0.3, 0.4) is 0 Å². The van der Waals surface area contributed by atoms with Crippen molar-refractivity contribution in [2.75, 3.05) is 5.73 Å². The molecule has 0 aliphatic heterocycles. The molecule has 17 heavy (non-hydrogen) atoms. The number of hydrogen-bond donors (Lipinski definition) is 2. The zero-order valence-electron chi connectivity index (χ0n) is 8.30. The molecule has 0 atom stereocenters. The van der Waals surface area contributed by atoms with Crippen LogP contribution in [0, 0.1) is 0 Å². The number of H-pyrrole nitrogens is 1. The monoisotopic (exact) mass is 333 g/mol. The van der Waals surface area contributed by atoms with Gasteiger partial charge in [0.05, 0.1) is 5.69 Å². The van der Waals surface area contributed by atoms with Gasteiger partial charge in [-0.15, -0.1) is 0 Å². The quantitative estimate of drug-likeness (QED) is 0.841. The van der Waals surface area contributed by atoms with Crippen LogP contribution < -0.4 is 11.3 Å². The lowest BCUT2D eigenvalue weighted by atomic mass is 10.1. The Morgan fingerprint density at radius 1 is 1.24 bits per heavy atom. The number of nitrogens with zero attached hydrogens (tertiary/aromatic N) is 1. The summed E-state index contributed by atoms with van der Waals surface area (Å²) in [4.78, 5) is 17.9. The molecule has 0 radical (unpaired) electrons. The normalized spacial score (nSPS) is 10.5. The molecule has 4 nitrogen and oxygen atoms in total. The second kappa shape index (κ2) is 4.68. The number of rotatable bonds is 1. The van der Waals surface area contributed by atoms with Gasteiger partial charge >= 0.3 is 0 Å². The number of nitrogens with one attached hydrogen (secondary N) is 1. The molecule has 0 aliphatic carbocycles. The largest absolute Gasteiger partial charge is 0.369 e. The molecular weight excluding hydrogens is 329 g/mol. The van der Waals surface area contributed by atoms with E-state index in [-0.39, 0.29) is 16.0 Å². The van der Waals surface area contributed by atoms with Gasteiger partial charge in [-0.05, 0) is 34.1 Å². The van der Waals surface area contributed by atoms with Crippen LogP contribution in [-0.4, -0.2) is 9.97 Å². The van der Waals surface area contributed by atoms with Gasteiger partial charge in [-0.1, -0.05) is 23.2 Å². The Labute approximate surface area is 115 Å². The Morgan fingerprint density at radius 3 is 2.41 bits per heavy atom. The van der Waals surface area contributed by atoms with E-state index in [0.29, 0.717) is 21.3 Å². The van der Waals surface area contributed by atoms with Crippen molar-refractivity contribution >= 4 is 45.1 Å². The Bertz CT molecular complexity index is 622. The van der Waals surface area contributed by atoms with Gasteiger partial charge in [0.15, 0.2) is 0 Å². The summed E-state index contributed by atoms with van der Waals surface area (Å²) in [5, 5.41) is 0.917. The maximum absolute atomic E-state index is 11.5. The SMILES string of the molecule is Nc1nc(-c2cc(Cl)cc(Cl)c2)c(Br)c(=O)[nH]1. The first kappa shape index (κ1) is 12.4. The highest BCUT2D eigenvalue weighted by molar-refractivity contribution is 9.10. The van der Waals surface area contributed by atoms with Gasteiger partial charge in [0, 0.05) is 15.6 Å². The lowest BCUT2D eigenvalue weighted by Crippen LogP contribution is -2.13. The first-order valence-electron chi connectivity index (χ1n) is 4.49. The lowest BCUT2D eigenvalue weighted by molar-refractivity contribution is 1.12. The number of benzene rings is 1. The molecule has 3 N–H and O–H groups in total. The van der Waals surface area contributed by atoms with Crippen molar-refractivity contribution < 1.29 is 0 Å². The molecule has 0 fully saturated rings. The van der Waals surface area contributed by atoms with Crippen LogP contribution in [0.4, 0.5) is 5.95 Å². The maximum atomic E-state index is 11.5. The minimum atomic E-state index is -0.358. The van der Waals surface area contributed by atoms with E-state index >= 15 is 0 Å². The third-order valence-electron chi connectivity index (χ3n) is 2.02. The fourth-order valence-corrected chi connectivity index (χ4v) is 2.30. The van der Waals surface area contributed by atoms with E-state index in [1.165, 1.54) is 0 Å². The Hall–Kier alpha value is -1.04. The summed E-state index contributed by atoms with van der Waals surface area (Å²) >= 11 is 14.9. The summed E-state index contributed by atoms with van der Waals surface area (Å²) in [6, 6.07) is 4.90. The molecule has 0 saturated heterocycles. The second-order valence-corrected chi connectivity index (χ2v) is 4.94. The predicted molar refractivity (Wildman–Crippen MR) is 72.4 cm³/mol. The minimum Gasteiger partial charge on any atom is -0.369 e. The summed E-state index contributed by atoms with van der Waals surface area (Å²) in [7, 11) is 0. The van der Waals surface area contributed by atoms with Crippen LogP contribution in [0.25, 0.3) is 11.3 Å². The van der Waals surface area contributed by atoms with E-state index in [9.17, 15) is 4.79 Å².